The molecule has 2 aromatic rings. The quantitative estimate of drug-likeness (QED) is 0.878. The van der Waals surface area contributed by atoms with Crippen LogP contribution in [-0.2, 0) is 0 Å². The van der Waals surface area contributed by atoms with E-state index in [0.717, 1.165) is 18.2 Å². The Bertz CT molecular complexity index is 695. The molecule has 1 fully saturated rings. The molecule has 0 spiro atoms. The van der Waals surface area contributed by atoms with Gasteiger partial charge < -0.3 is 10.1 Å². The van der Waals surface area contributed by atoms with Crippen molar-refractivity contribution < 1.29 is 9.53 Å². The van der Waals surface area contributed by atoms with Crippen molar-refractivity contribution in [3.05, 3.63) is 29.6 Å². The van der Waals surface area contributed by atoms with Crippen molar-refractivity contribution in [1.29, 1.82) is 0 Å². The number of aromatic nitrogens is 4. The zero-order valence-corrected chi connectivity index (χ0v) is 13.6. The molecule has 7 nitrogen and oxygen atoms in total. The minimum Gasteiger partial charge on any atom is -0.477 e. The smallest absolute Gasteiger partial charge is 0.254 e. The number of hydrogen-bond acceptors (Lipinski definition) is 5. The van der Waals surface area contributed by atoms with E-state index in [1.807, 2.05) is 13.8 Å². The fourth-order valence-electron chi connectivity index (χ4n) is 2.52. The Kier molecular flexibility index (Phi) is 4.27. The summed E-state index contributed by atoms with van der Waals surface area (Å²) in [4.78, 5) is 12.3. The second-order valence-electron chi connectivity index (χ2n) is 5.90. The van der Waals surface area contributed by atoms with Gasteiger partial charge in [-0.3, -0.25) is 4.79 Å². The molecule has 3 rings (SSSR count). The van der Waals surface area contributed by atoms with Crippen LogP contribution in [0.5, 0.6) is 5.88 Å². The van der Waals surface area contributed by atoms with Crippen molar-refractivity contribution >= 4 is 5.91 Å². The van der Waals surface area contributed by atoms with E-state index in [0.29, 0.717) is 29.8 Å². The van der Waals surface area contributed by atoms with Crippen molar-refractivity contribution in [1.82, 2.24) is 25.3 Å². The minimum absolute atomic E-state index is 0.0910. The fourth-order valence-corrected chi connectivity index (χ4v) is 2.52. The molecule has 0 aliphatic heterocycles. The first-order valence-corrected chi connectivity index (χ1v) is 7.89. The average molecular weight is 315 g/mol. The van der Waals surface area contributed by atoms with Gasteiger partial charge in [-0.25, -0.2) is 4.68 Å². The molecule has 122 valence electrons. The zero-order valence-electron chi connectivity index (χ0n) is 13.6. The lowest BCUT2D eigenvalue weighted by Crippen LogP contribution is -2.26. The lowest BCUT2D eigenvalue weighted by Gasteiger charge is -2.06. The molecule has 23 heavy (non-hydrogen) atoms. The van der Waals surface area contributed by atoms with E-state index < -0.39 is 0 Å². The molecule has 1 saturated carbocycles. The van der Waals surface area contributed by atoms with Gasteiger partial charge in [0.2, 0.25) is 5.88 Å². The highest BCUT2D eigenvalue weighted by Crippen LogP contribution is 2.36. The number of amides is 1. The lowest BCUT2D eigenvalue weighted by atomic mass is 10.2. The van der Waals surface area contributed by atoms with Gasteiger partial charge >= 0.3 is 0 Å². The predicted octanol–water partition coefficient (Wildman–Crippen LogP) is 1.76. The summed E-state index contributed by atoms with van der Waals surface area (Å²) in [5, 5.41) is 15.3. The molecule has 0 saturated heterocycles. The number of rotatable bonds is 6. The standard InChI is InChI=1S/C16H21N5O2/c1-4-23-15-6-5-14(19-20-15)21-11(3)13(9-18-21)16(22)17-8-12-7-10(12)2/h5-6,9-10,12H,4,7-8H2,1-3H3,(H,17,22)/t10-,12+/m0/s1. The van der Waals surface area contributed by atoms with E-state index in [-0.39, 0.29) is 5.91 Å². The number of ether oxygens (including phenoxy) is 1. The van der Waals surface area contributed by atoms with Gasteiger partial charge in [-0.15, -0.1) is 10.2 Å². The SMILES string of the molecule is CCOc1ccc(-n2ncc(C(=O)NC[C@H]3C[C@@H]3C)c2C)nn1. The van der Waals surface area contributed by atoms with Crippen LogP contribution in [0.25, 0.3) is 5.82 Å². The first kappa shape index (κ1) is 15.5. The van der Waals surface area contributed by atoms with Crippen LogP contribution in [-0.4, -0.2) is 39.0 Å². The second-order valence-corrected chi connectivity index (χ2v) is 5.90. The second kappa shape index (κ2) is 6.36. The summed E-state index contributed by atoms with van der Waals surface area (Å²) in [5.74, 6) is 2.27. The molecule has 0 aromatic carbocycles. The van der Waals surface area contributed by atoms with Gasteiger partial charge in [-0.2, -0.15) is 5.10 Å². The molecule has 2 aromatic heterocycles. The first-order valence-electron chi connectivity index (χ1n) is 7.89. The summed E-state index contributed by atoms with van der Waals surface area (Å²) in [6, 6.07) is 3.51. The summed E-state index contributed by atoms with van der Waals surface area (Å²) in [7, 11) is 0. The van der Waals surface area contributed by atoms with Crippen LogP contribution in [0.4, 0.5) is 0 Å². The number of nitrogens with one attached hydrogen (secondary N) is 1. The van der Waals surface area contributed by atoms with Gasteiger partial charge in [0.05, 0.1) is 24.1 Å². The summed E-state index contributed by atoms with van der Waals surface area (Å²) >= 11 is 0. The highest BCUT2D eigenvalue weighted by molar-refractivity contribution is 5.95. The van der Waals surface area contributed by atoms with Crippen LogP contribution in [0.15, 0.2) is 18.3 Å². The molecule has 1 amide bonds. The van der Waals surface area contributed by atoms with Crippen molar-refractivity contribution in [2.75, 3.05) is 13.2 Å². The number of carbonyl (C=O) groups excluding carboxylic acids is 1. The lowest BCUT2D eigenvalue weighted by molar-refractivity contribution is 0.0950. The molecule has 0 unspecified atom stereocenters. The highest BCUT2D eigenvalue weighted by atomic mass is 16.5. The Morgan fingerprint density at radius 2 is 2.22 bits per heavy atom. The summed E-state index contributed by atoms with van der Waals surface area (Å²) < 4.78 is 6.88. The van der Waals surface area contributed by atoms with Crippen molar-refractivity contribution in [2.24, 2.45) is 11.8 Å². The molecular formula is C16H21N5O2. The van der Waals surface area contributed by atoms with Gasteiger partial charge in [0, 0.05) is 12.6 Å². The summed E-state index contributed by atoms with van der Waals surface area (Å²) in [5.41, 5.74) is 1.30. The molecule has 1 aliphatic rings. The third kappa shape index (κ3) is 3.33. The van der Waals surface area contributed by atoms with E-state index in [9.17, 15) is 4.79 Å². The third-order valence-corrected chi connectivity index (χ3v) is 4.19. The Balaban J connectivity index is 1.71. The van der Waals surface area contributed by atoms with Crippen LogP contribution >= 0.6 is 0 Å². The van der Waals surface area contributed by atoms with Crippen LogP contribution in [0.3, 0.4) is 0 Å². The first-order chi connectivity index (χ1) is 11.1. The van der Waals surface area contributed by atoms with E-state index in [1.54, 1.807) is 23.0 Å². The molecule has 1 N–H and O–H groups in total. The minimum atomic E-state index is -0.0910. The van der Waals surface area contributed by atoms with Gasteiger partial charge in [0.25, 0.3) is 5.91 Å². The van der Waals surface area contributed by atoms with E-state index >= 15 is 0 Å². The van der Waals surface area contributed by atoms with Crippen LogP contribution in [0, 0.1) is 18.8 Å². The van der Waals surface area contributed by atoms with Gasteiger partial charge in [-0.05, 0) is 38.2 Å². The molecule has 7 heteroatoms. The van der Waals surface area contributed by atoms with Crippen LogP contribution in [0.1, 0.15) is 36.3 Å². The Hall–Kier alpha value is -2.44. The van der Waals surface area contributed by atoms with Gasteiger partial charge in [0.15, 0.2) is 5.82 Å². The van der Waals surface area contributed by atoms with Gasteiger partial charge in [-0.1, -0.05) is 6.92 Å². The third-order valence-electron chi connectivity index (χ3n) is 4.19. The molecule has 1 aliphatic carbocycles. The predicted molar refractivity (Wildman–Crippen MR) is 84.7 cm³/mol. The van der Waals surface area contributed by atoms with Crippen molar-refractivity contribution in [2.45, 2.75) is 27.2 Å². The largest absolute Gasteiger partial charge is 0.477 e. The maximum atomic E-state index is 12.3. The van der Waals surface area contributed by atoms with Gasteiger partial charge in [0.1, 0.15) is 0 Å². The zero-order chi connectivity index (χ0) is 16.4. The molecular weight excluding hydrogens is 294 g/mol. The normalized spacial score (nSPS) is 19.4. The van der Waals surface area contributed by atoms with Crippen molar-refractivity contribution in [3.8, 4) is 11.7 Å². The van der Waals surface area contributed by atoms with Crippen LogP contribution < -0.4 is 10.1 Å². The van der Waals surface area contributed by atoms with E-state index in [2.05, 4.69) is 27.5 Å². The number of carbonyl (C=O) groups is 1. The highest BCUT2D eigenvalue weighted by Gasteiger charge is 2.32. The monoisotopic (exact) mass is 315 g/mol. The topological polar surface area (TPSA) is 81.9 Å². The van der Waals surface area contributed by atoms with Crippen LogP contribution in [0.2, 0.25) is 0 Å². The Labute approximate surface area is 135 Å². The Morgan fingerprint density at radius 3 is 2.83 bits per heavy atom. The maximum absolute atomic E-state index is 12.3. The average Bonchev–Trinajstić information content (AvgIpc) is 3.12. The fraction of sp³-hybridized carbons (Fsp3) is 0.500. The Morgan fingerprint density at radius 1 is 1.43 bits per heavy atom. The summed E-state index contributed by atoms with van der Waals surface area (Å²) in [6.45, 7) is 7.21. The number of hydrogen-bond donors (Lipinski definition) is 1. The van der Waals surface area contributed by atoms with E-state index in [1.165, 1.54) is 6.42 Å². The number of nitrogens with zero attached hydrogens (tertiary/aromatic N) is 4. The molecule has 2 atom stereocenters. The molecule has 2 heterocycles. The van der Waals surface area contributed by atoms with E-state index in [4.69, 9.17) is 4.74 Å². The molecule has 0 bridgehead atoms. The van der Waals surface area contributed by atoms with Crippen molar-refractivity contribution in [3.63, 3.8) is 0 Å². The molecule has 0 radical (unpaired) electrons. The maximum Gasteiger partial charge on any atom is 0.254 e. The summed E-state index contributed by atoms with van der Waals surface area (Å²) in [6.07, 6.45) is 2.76.